The van der Waals surface area contributed by atoms with Gasteiger partial charge in [-0.1, -0.05) is 12.1 Å². The maximum Gasteiger partial charge on any atom is 0.387 e. The third-order valence-electron chi connectivity index (χ3n) is 2.51. The molecule has 0 unspecified atom stereocenters. The molecule has 0 bridgehead atoms. The molecule has 0 saturated heterocycles. The van der Waals surface area contributed by atoms with Crippen molar-refractivity contribution < 1.29 is 23.1 Å². The van der Waals surface area contributed by atoms with E-state index in [1.807, 2.05) is 0 Å². The number of nitrogens with zero attached hydrogens (tertiary/aromatic N) is 1. The lowest BCUT2D eigenvalue weighted by atomic mass is 10.2. The molecule has 2 amide bonds. The number of rotatable bonds is 6. The maximum atomic E-state index is 12.3. The van der Waals surface area contributed by atoms with Crippen LogP contribution in [0.4, 0.5) is 8.78 Å². The number of halogens is 2. The predicted octanol–water partition coefficient (Wildman–Crippen LogP) is 1.88. The molecule has 0 aliphatic rings. The summed E-state index contributed by atoms with van der Waals surface area (Å²) in [6.45, 7) is 0.408. The number of benzene rings is 1. The number of carbonyl (C=O) groups excluding carboxylic acids is 2. The van der Waals surface area contributed by atoms with E-state index in [9.17, 15) is 18.4 Å². The standard InChI is InChI=1S/C14H18F2N2O3/c1-9(2)17-12(19)8-18(3)13(20)10-6-4-5-7-11(10)21-14(15)16/h4-7,9,14H,8H2,1-3H3,(H,17,19). The molecule has 0 saturated carbocycles. The Morgan fingerprint density at radius 3 is 2.48 bits per heavy atom. The molecule has 1 rings (SSSR count). The van der Waals surface area contributed by atoms with Crippen LogP contribution in [0.3, 0.4) is 0 Å². The van der Waals surface area contributed by atoms with Crippen molar-refractivity contribution in [3.8, 4) is 5.75 Å². The molecule has 0 aromatic heterocycles. The van der Waals surface area contributed by atoms with Gasteiger partial charge in [-0.05, 0) is 26.0 Å². The summed E-state index contributed by atoms with van der Waals surface area (Å²) in [5.74, 6) is -1.10. The van der Waals surface area contributed by atoms with Crippen LogP contribution in [-0.2, 0) is 4.79 Å². The van der Waals surface area contributed by atoms with Crippen LogP contribution in [0.1, 0.15) is 24.2 Å². The highest BCUT2D eigenvalue weighted by Gasteiger charge is 2.20. The van der Waals surface area contributed by atoms with Gasteiger partial charge in [-0.2, -0.15) is 8.78 Å². The summed E-state index contributed by atoms with van der Waals surface area (Å²) in [4.78, 5) is 24.9. The first-order valence-corrected chi connectivity index (χ1v) is 6.40. The van der Waals surface area contributed by atoms with Gasteiger partial charge >= 0.3 is 6.61 Å². The lowest BCUT2D eigenvalue weighted by Crippen LogP contribution is -2.41. The first kappa shape index (κ1) is 16.9. The molecule has 21 heavy (non-hydrogen) atoms. The Labute approximate surface area is 121 Å². The Balaban J connectivity index is 2.81. The number of carbonyl (C=O) groups is 2. The van der Waals surface area contributed by atoms with E-state index in [1.165, 1.54) is 31.3 Å². The summed E-state index contributed by atoms with van der Waals surface area (Å²) in [6.07, 6.45) is 0. The van der Waals surface area contributed by atoms with E-state index in [2.05, 4.69) is 10.1 Å². The van der Waals surface area contributed by atoms with Crippen molar-refractivity contribution >= 4 is 11.8 Å². The predicted molar refractivity (Wildman–Crippen MR) is 73.3 cm³/mol. The van der Waals surface area contributed by atoms with Gasteiger partial charge < -0.3 is 15.0 Å². The average molecular weight is 300 g/mol. The van der Waals surface area contributed by atoms with Crippen LogP contribution >= 0.6 is 0 Å². The molecule has 0 heterocycles. The van der Waals surface area contributed by atoms with Crippen LogP contribution in [0.5, 0.6) is 5.75 Å². The molecule has 116 valence electrons. The number of amides is 2. The molecular formula is C14H18F2N2O3. The first-order chi connectivity index (χ1) is 9.81. The topological polar surface area (TPSA) is 58.6 Å². The van der Waals surface area contributed by atoms with E-state index in [1.54, 1.807) is 13.8 Å². The summed E-state index contributed by atoms with van der Waals surface area (Å²) >= 11 is 0. The summed E-state index contributed by atoms with van der Waals surface area (Å²) in [5.41, 5.74) is -0.0161. The van der Waals surface area contributed by atoms with E-state index < -0.39 is 12.5 Å². The molecule has 1 aromatic carbocycles. The smallest absolute Gasteiger partial charge is 0.387 e. The number of hydrogen-bond acceptors (Lipinski definition) is 3. The van der Waals surface area contributed by atoms with Crippen molar-refractivity contribution in [2.24, 2.45) is 0 Å². The number of para-hydroxylation sites is 1. The van der Waals surface area contributed by atoms with Crippen molar-refractivity contribution in [1.29, 1.82) is 0 Å². The number of alkyl halides is 2. The molecule has 0 radical (unpaired) electrons. The summed E-state index contributed by atoms with van der Waals surface area (Å²) in [6, 6.07) is 5.63. The van der Waals surface area contributed by atoms with Crippen LogP contribution in [0.2, 0.25) is 0 Å². The van der Waals surface area contributed by atoms with Gasteiger partial charge in [0.25, 0.3) is 5.91 Å². The minimum atomic E-state index is -3.02. The molecule has 0 fully saturated rings. The summed E-state index contributed by atoms with van der Waals surface area (Å²) < 4.78 is 28.9. The van der Waals surface area contributed by atoms with Gasteiger partial charge in [0.1, 0.15) is 5.75 Å². The lowest BCUT2D eigenvalue weighted by Gasteiger charge is -2.19. The summed E-state index contributed by atoms with van der Waals surface area (Å²) in [5, 5.41) is 2.64. The van der Waals surface area contributed by atoms with E-state index >= 15 is 0 Å². The molecule has 7 heteroatoms. The Morgan fingerprint density at radius 2 is 1.90 bits per heavy atom. The zero-order chi connectivity index (χ0) is 16.0. The highest BCUT2D eigenvalue weighted by molar-refractivity contribution is 5.98. The van der Waals surface area contributed by atoms with Gasteiger partial charge in [-0.25, -0.2) is 0 Å². The lowest BCUT2D eigenvalue weighted by molar-refractivity contribution is -0.122. The summed E-state index contributed by atoms with van der Waals surface area (Å²) in [7, 11) is 1.42. The Kier molecular flexibility index (Phi) is 6.08. The van der Waals surface area contributed by atoms with Gasteiger partial charge in [0.15, 0.2) is 0 Å². The molecule has 5 nitrogen and oxygen atoms in total. The van der Waals surface area contributed by atoms with E-state index in [0.29, 0.717) is 0 Å². The van der Waals surface area contributed by atoms with Gasteiger partial charge in [0.2, 0.25) is 5.91 Å². The highest BCUT2D eigenvalue weighted by Crippen LogP contribution is 2.21. The van der Waals surface area contributed by atoms with Gasteiger partial charge in [0, 0.05) is 13.1 Å². The zero-order valence-electron chi connectivity index (χ0n) is 12.1. The van der Waals surface area contributed by atoms with Crippen LogP contribution in [-0.4, -0.2) is 43.0 Å². The Morgan fingerprint density at radius 1 is 1.29 bits per heavy atom. The second kappa shape index (κ2) is 7.56. The van der Waals surface area contributed by atoms with Crippen molar-refractivity contribution in [3.63, 3.8) is 0 Å². The zero-order valence-corrected chi connectivity index (χ0v) is 12.1. The maximum absolute atomic E-state index is 12.3. The van der Waals surface area contributed by atoms with Gasteiger partial charge in [-0.15, -0.1) is 0 Å². The third kappa shape index (κ3) is 5.37. The fourth-order valence-electron chi connectivity index (χ4n) is 1.70. The van der Waals surface area contributed by atoms with Crippen LogP contribution in [0.15, 0.2) is 24.3 Å². The fourth-order valence-corrected chi connectivity index (χ4v) is 1.70. The highest BCUT2D eigenvalue weighted by atomic mass is 19.3. The minimum absolute atomic E-state index is 0.0161. The molecular weight excluding hydrogens is 282 g/mol. The van der Waals surface area contributed by atoms with Crippen molar-refractivity contribution in [2.45, 2.75) is 26.5 Å². The normalized spacial score (nSPS) is 10.6. The quantitative estimate of drug-likeness (QED) is 0.872. The Hall–Kier alpha value is -2.18. The molecule has 0 spiro atoms. The van der Waals surface area contributed by atoms with Gasteiger partial charge in [0.05, 0.1) is 12.1 Å². The number of hydrogen-bond donors (Lipinski definition) is 1. The molecule has 0 aliphatic heterocycles. The third-order valence-corrected chi connectivity index (χ3v) is 2.51. The number of ether oxygens (including phenoxy) is 1. The minimum Gasteiger partial charge on any atom is -0.434 e. The van der Waals surface area contributed by atoms with E-state index in [4.69, 9.17) is 0 Å². The van der Waals surface area contributed by atoms with Crippen LogP contribution in [0.25, 0.3) is 0 Å². The average Bonchev–Trinajstić information content (AvgIpc) is 2.36. The van der Waals surface area contributed by atoms with Gasteiger partial charge in [-0.3, -0.25) is 9.59 Å². The fraction of sp³-hybridized carbons (Fsp3) is 0.429. The first-order valence-electron chi connectivity index (χ1n) is 6.40. The second-order valence-electron chi connectivity index (χ2n) is 4.76. The molecule has 1 N–H and O–H groups in total. The van der Waals surface area contributed by atoms with Crippen molar-refractivity contribution in [1.82, 2.24) is 10.2 Å². The SMILES string of the molecule is CC(C)NC(=O)CN(C)C(=O)c1ccccc1OC(F)F. The number of likely N-dealkylation sites (N-methyl/N-ethyl adjacent to an activating group) is 1. The van der Waals surface area contributed by atoms with E-state index in [-0.39, 0.29) is 29.8 Å². The monoisotopic (exact) mass is 300 g/mol. The molecule has 0 atom stereocenters. The van der Waals surface area contributed by atoms with Crippen LogP contribution in [0, 0.1) is 0 Å². The number of nitrogens with one attached hydrogen (secondary N) is 1. The largest absolute Gasteiger partial charge is 0.434 e. The van der Waals surface area contributed by atoms with Crippen LogP contribution < -0.4 is 10.1 Å². The van der Waals surface area contributed by atoms with Crippen molar-refractivity contribution in [3.05, 3.63) is 29.8 Å². The molecule has 1 aromatic rings. The van der Waals surface area contributed by atoms with Crippen molar-refractivity contribution in [2.75, 3.05) is 13.6 Å². The second-order valence-corrected chi connectivity index (χ2v) is 4.76. The van der Waals surface area contributed by atoms with E-state index in [0.717, 1.165) is 4.90 Å². The Bertz CT molecular complexity index is 507. The molecule has 0 aliphatic carbocycles.